The van der Waals surface area contributed by atoms with Crippen LogP contribution in [0.25, 0.3) is 11.3 Å². The maximum Gasteiger partial charge on any atom is 0.134 e. The van der Waals surface area contributed by atoms with Crippen LogP contribution in [-0.2, 0) is 6.54 Å². The zero-order valence-corrected chi connectivity index (χ0v) is 10.8. The second-order valence-electron chi connectivity index (χ2n) is 5.05. The van der Waals surface area contributed by atoms with E-state index in [2.05, 4.69) is 5.32 Å². The van der Waals surface area contributed by atoms with Gasteiger partial charge in [-0.15, -0.1) is 0 Å². The first-order valence-electron chi connectivity index (χ1n) is 6.12. The molecule has 0 unspecified atom stereocenters. The van der Waals surface area contributed by atoms with Crippen LogP contribution in [0.5, 0.6) is 0 Å². The first kappa shape index (κ1) is 12.9. The smallest absolute Gasteiger partial charge is 0.134 e. The zero-order valence-electron chi connectivity index (χ0n) is 10.8. The van der Waals surface area contributed by atoms with Gasteiger partial charge in [-0.1, -0.05) is 30.3 Å². The molecular weight excluding hydrogens is 226 g/mol. The fraction of sp³-hybridized carbons (Fsp3) is 0.333. The van der Waals surface area contributed by atoms with Gasteiger partial charge in [0.25, 0.3) is 0 Å². The Bertz CT molecular complexity index is 483. The van der Waals surface area contributed by atoms with E-state index in [-0.39, 0.29) is 0 Å². The molecule has 1 heterocycles. The lowest BCUT2D eigenvalue weighted by molar-refractivity contribution is 0.0790. The molecule has 0 radical (unpaired) electrons. The van der Waals surface area contributed by atoms with Crippen LogP contribution in [0.15, 0.2) is 46.9 Å². The SMILES string of the molecule is CC(C)(O)CNCc1ccc(-c2ccccc2)o1. The van der Waals surface area contributed by atoms with Crippen LogP contribution >= 0.6 is 0 Å². The molecule has 2 N–H and O–H groups in total. The predicted molar refractivity (Wildman–Crippen MR) is 72.1 cm³/mol. The second kappa shape index (κ2) is 5.38. The fourth-order valence-electron chi connectivity index (χ4n) is 1.72. The monoisotopic (exact) mass is 245 g/mol. The van der Waals surface area contributed by atoms with E-state index in [4.69, 9.17) is 4.42 Å². The third-order valence-electron chi connectivity index (χ3n) is 2.58. The van der Waals surface area contributed by atoms with E-state index < -0.39 is 5.60 Å². The number of furan rings is 1. The molecule has 18 heavy (non-hydrogen) atoms. The van der Waals surface area contributed by atoms with Crippen LogP contribution < -0.4 is 5.32 Å². The molecule has 2 rings (SSSR count). The van der Waals surface area contributed by atoms with Gasteiger partial charge >= 0.3 is 0 Å². The molecule has 0 amide bonds. The summed E-state index contributed by atoms with van der Waals surface area (Å²) in [7, 11) is 0. The summed E-state index contributed by atoms with van der Waals surface area (Å²) in [6.07, 6.45) is 0. The van der Waals surface area contributed by atoms with Gasteiger partial charge in [-0.05, 0) is 26.0 Å². The summed E-state index contributed by atoms with van der Waals surface area (Å²) in [4.78, 5) is 0. The first-order valence-corrected chi connectivity index (χ1v) is 6.12. The van der Waals surface area contributed by atoms with Crippen molar-refractivity contribution >= 4 is 0 Å². The molecule has 0 aliphatic rings. The summed E-state index contributed by atoms with van der Waals surface area (Å²) in [5.41, 5.74) is 0.376. The summed E-state index contributed by atoms with van der Waals surface area (Å²) in [6.45, 7) is 4.71. The Hall–Kier alpha value is -1.58. The average molecular weight is 245 g/mol. The number of rotatable bonds is 5. The molecule has 0 fully saturated rings. The molecule has 0 atom stereocenters. The molecule has 2 aromatic rings. The molecule has 1 aromatic carbocycles. The van der Waals surface area contributed by atoms with Crippen LogP contribution in [0.4, 0.5) is 0 Å². The lowest BCUT2D eigenvalue weighted by Crippen LogP contribution is -2.34. The van der Waals surface area contributed by atoms with Crippen LogP contribution in [0, 0.1) is 0 Å². The summed E-state index contributed by atoms with van der Waals surface area (Å²) in [6, 6.07) is 13.9. The Morgan fingerprint density at radius 2 is 1.83 bits per heavy atom. The molecule has 0 aliphatic heterocycles. The van der Waals surface area contributed by atoms with Gasteiger partial charge in [0.05, 0.1) is 12.1 Å². The van der Waals surface area contributed by atoms with Crippen LogP contribution in [0.1, 0.15) is 19.6 Å². The number of aliphatic hydroxyl groups is 1. The molecule has 0 saturated heterocycles. The van der Waals surface area contributed by atoms with Gasteiger partial charge in [0.2, 0.25) is 0 Å². The van der Waals surface area contributed by atoms with Crippen molar-refractivity contribution in [3.63, 3.8) is 0 Å². The normalized spacial score (nSPS) is 11.7. The first-order chi connectivity index (χ1) is 8.54. The Kier molecular flexibility index (Phi) is 3.84. The highest BCUT2D eigenvalue weighted by Gasteiger charge is 2.11. The topological polar surface area (TPSA) is 45.4 Å². The van der Waals surface area contributed by atoms with E-state index in [9.17, 15) is 5.11 Å². The maximum absolute atomic E-state index is 9.59. The molecule has 0 aliphatic carbocycles. The minimum atomic E-state index is -0.700. The molecular formula is C15H19NO2. The lowest BCUT2D eigenvalue weighted by Gasteiger charge is -2.16. The number of hydrogen-bond acceptors (Lipinski definition) is 3. The van der Waals surface area contributed by atoms with Crippen molar-refractivity contribution < 1.29 is 9.52 Å². The number of benzene rings is 1. The quantitative estimate of drug-likeness (QED) is 0.851. The van der Waals surface area contributed by atoms with Gasteiger partial charge < -0.3 is 14.8 Å². The van der Waals surface area contributed by atoms with E-state index in [0.717, 1.165) is 17.1 Å². The lowest BCUT2D eigenvalue weighted by atomic mass is 10.1. The van der Waals surface area contributed by atoms with Crippen LogP contribution in [-0.4, -0.2) is 17.3 Å². The summed E-state index contributed by atoms with van der Waals surface area (Å²) < 4.78 is 5.74. The summed E-state index contributed by atoms with van der Waals surface area (Å²) >= 11 is 0. The number of hydrogen-bond donors (Lipinski definition) is 2. The fourth-order valence-corrected chi connectivity index (χ4v) is 1.72. The minimum Gasteiger partial charge on any atom is -0.460 e. The van der Waals surface area contributed by atoms with Gasteiger partial charge in [0, 0.05) is 12.1 Å². The van der Waals surface area contributed by atoms with Crippen molar-refractivity contribution in [1.29, 1.82) is 0 Å². The zero-order chi connectivity index (χ0) is 13.0. The summed E-state index contributed by atoms with van der Waals surface area (Å²) in [5, 5.41) is 12.7. The van der Waals surface area contributed by atoms with Crippen molar-refractivity contribution in [2.24, 2.45) is 0 Å². The standard InChI is InChI=1S/C15H19NO2/c1-15(2,17)11-16-10-13-8-9-14(18-13)12-6-4-3-5-7-12/h3-9,16-17H,10-11H2,1-2H3. The average Bonchev–Trinajstić information content (AvgIpc) is 2.77. The van der Waals surface area contributed by atoms with Gasteiger partial charge in [-0.2, -0.15) is 0 Å². The van der Waals surface area contributed by atoms with E-state index in [1.807, 2.05) is 42.5 Å². The van der Waals surface area contributed by atoms with E-state index in [0.29, 0.717) is 13.1 Å². The highest BCUT2D eigenvalue weighted by Crippen LogP contribution is 2.21. The van der Waals surface area contributed by atoms with Gasteiger partial charge in [-0.3, -0.25) is 0 Å². The van der Waals surface area contributed by atoms with E-state index >= 15 is 0 Å². The largest absolute Gasteiger partial charge is 0.460 e. The minimum absolute atomic E-state index is 0.536. The molecule has 0 saturated carbocycles. The molecule has 0 bridgehead atoms. The van der Waals surface area contributed by atoms with Crippen molar-refractivity contribution in [3.05, 3.63) is 48.2 Å². The summed E-state index contributed by atoms with van der Waals surface area (Å²) in [5.74, 6) is 1.74. The van der Waals surface area contributed by atoms with Gasteiger partial charge in [0.15, 0.2) is 0 Å². The van der Waals surface area contributed by atoms with Crippen molar-refractivity contribution in [2.75, 3.05) is 6.54 Å². The Balaban J connectivity index is 1.95. The molecule has 0 spiro atoms. The van der Waals surface area contributed by atoms with Crippen LogP contribution in [0.2, 0.25) is 0 Å². The number of nitrogens with one attached hydrogen (secondary N) is 1. The predicted octanol–water partition coefficient (Wildman–Crippen LogP) is 2.81. The highest BCUT2D eigenvalue weighted by atomic mass is 16.3. The van der Waals surface area contributed by atoms with Gasteiger partial charge in [-0.25, -0.2) is 0 Å². The molecule has 3 nitrogen and oxygen atoms in total. The van der Waals surface area contributed by atoms with Crippen LogP contribution in [0.3, 0.4) is 0 Å². The second-order valence-corrected chi connectivity index (χ2v) is 5.05. The van der Waals surface area contributed by atoms with E-state index in [1.54, 1.807) is 13.8 Å². The molecule has 96 valence electrons. The highest BCUT2D eigenvalue weighted by molar-refractivity contribution is 5.57. The third kappa shape index (κ3) is 3.72. The van der Waals surface area contributed by atoms with Gasteiger partial charge in [0.1, 0.15) is 11.5 Å². The van der Waals surface area contributed by atoms with E-state index in [1.165, 1.54) is 0 Å². The van der Waals surface area contributed by atoms with Crippen molar-refractivity contribution in [3.8, 4) is 11.3 Å². The molecule has 1 aromatic heterocycles. The third-order valence-corrected chi connectivity index (χ3v) is 2.58. The Labute approximate surface area is 107 Å². The maximum atomic E-state index is 9.59. The molecule has 3 heteroatoms. The Morgan fingerprint density at radius 3 is 2.50 bits per heavy atom. The Morgan fingerprint density at radius 1 is 1.11 bits per heavy atom. The van der Waals surface area contributed by atoms with Crippen molar-refractivity contribution in [1.82, 2.24) is 5.32 Å². The van der Waals surface area contributed by atoms with Crippen molar-refractivity contribution in [2.45, 2.75) is 26.0 Å².